The Morgan fingerprint density at radius 3 is 2.27 bits per heavy atom. The monoisotopic (exact) mass is 354 g/mol. The maximum Gasteiger partial charge on any atom is 0.417 e. The predicted octanol–water partition coefficient (Wildman–Crippen LogP) is 5.48. The number of aromatic nitrogens is 2. The molecule has 0 bridgehead atoms. The van der Waals surface area contributed by atoms with Crippen LogP contribution in [0.1, 0.15) is 5.56 Å². The van der Waals surface area contributed by atoms with Crippen LogP contribution in [0.2, 0.25) is 0 Å². The van der Waals surface area contributed by atoms with Crippen molar-refractivity contribution in [3.05, 3.63) is 66.2 Å². The molecule has 0 aliphatic rings. The standard InChI is InChI=1S/C20H13F3N2O/c1-26-19-17-14(20(21,22)23)11-16(12-7-3-2-4-8-12)24-18(17)13-9-5-6-10-15(13)25-19/h2-11H,1H3. The molecule has 26 heavy (non-hydrogen) atoms. The van der Waals surface area contributed by atoms with E-state index in [9.17, 15) is 13.2 Å². The summed E-state index contributed by atoms with van der Waals surface area (Å²) in [5, 5.41) is 0.421. The molecule has 0 atom stereocenters. The SMILES string of the molecule is COc1nc2ccccc2c2nc(-c3ccccc3)cc(C(F)(F)F)c12. The molecule has 0 spiro atoms. The van der Waals surface area contributed by atoms with Crippen LogP contribution < -0.4 is 4.74 Å². The lowest BCUT2D eigenvalue weighted by atomic mass is 10.0. The summed E-state index contributed by atoms with van der Waals surface area (Å²) in [6.07, 6.45) is -4.57. The molecule has 4 aromatic rings. The maximum absolute atomic E-state index is 13.8. The van der Waals surface area contributed by atoms with E-state index >= 15 is 0 Å². The molecule has 0 radical (unpaired) electrons. The van der Waals surface area contributed by atoms with E-state index in [2.05, 4.69) is 9.97 Å². The molecule has 0 saturated heterocycles. The molecule has 0 amide bonds. The van der Waals surface area contributed by atoms with Gasteiger partial charge in [0.1, 0.15) is 0 Å². The summed E-state index contributed by atoms with van der Waals surface area (Å²) in [5.74, 6) is -0.0851. The highest BCUT2D eigenvalue weighted by atomic mass is 19.4. The lowest BCUT2D eigenvalue weighted by molar-refractivity contribution is -0.136. The first-order chi connectivity index (χ1) is 12.5. The van der Waals surface area contributed by atoms with Crippen LogP contribution in [0, 0.1) is 0 Å². The number of halogens is 3. The average Bonchev–Trinajstić information content (AvgIpc) is 2.66. The fourth-order valence-corrected chi connectivity index (χ4v) is 3.02. The first kappa shape index (κ1) is 16.3. The van der Waals surface area contributed by atoms with Gasteiger partial charge in [-0.05, 0) is 12.1 Å². The molecule has 3 nitrogen and oxygen atoms in total. The number of rotatable bonds is 2. The molecule has 0 aliphatic carbocycles. The third kappa shape index (κ3) is 2.63. The van der Waals surface area contributed by atoms with Gasteiger partial charge in [0.15, 0.2) is 0 Å². The Morgan fingerprint density at radius 2 is 1.58 bits per heavy atom. The number of nitrogens with zero attached hydrogens (tertiary/aromatic N) is 2. The van der Waals surface area contributed by atoms with Crippen molar-refractivity contribution in [2.24, 2.45) is 0 Å². The Labute approximate surface area is 147 Å². The first-order valence-corrected chi connectivity index (χ1v) is 7.89. The first-order valence-electron chi connectivity index (χ1n) is 7.89. The van der Waals surface area contributed by atoms with Gasteiger partial charge in [0.05, 0.1) is 34.8 Å². The van der Waals surface area contributed by atoms with Gasteiger partial charge >= 0.3 is 6.18 Å². The highest BCUT2D eigenvalue weighted by Crippen LogP contribution is 2.41. The van der Waals surface area contributed by atoms with E-state index in [4.69, 9.17) is 4.74 Å². The summed E-state index contributed by atoms with van der Waals surface area (Å²) in [6.45, 7) is 0. The third-order valence-corrected chi connectivity index (χ3v) is 4.18. The second kappa shape index (κ2) is 5.98. The topological polar surface area (TPSA) is 35.0 Å². The average molecular weight is 354 g/mol. The van der Waals surface area contributed by atoms with Gasteiger partial charge in [0, 0.05) is 10.9 Å². The number of alkyl halides is 3. The van der Waals surface area contributed by atoms with Crippen LogP contribution in [0.15, 0.2) is 60.7 Å². The van der Waals surface area contributed by atoms with Gasteiger partial charge < -0.3 is 4.74 Å². The van der Waals surface area contributed by atoms with Crippen LogP contribution in [0.4, 0.5) is 13.2 Å². The number of benzene rings is 2. The Bertz CT molecular complexity index is 1110. The second-order valence-electron chi connectivity index (χ2n) is 5.78. The molecule has 2 aromatic carbocycles. The number of hydrogen-bond acceptors (Lipinski definition) is 3. The molecule has 0 aliphatic heterocycles. The van der Waals surface area contributed by atoms with Gasteiger partial charge in [-0.1, -0.05) is 48.5 Å². The largest absolute Gasteiger partial charge is 0.480 e. The molecule has 4 rings (SSSR count). The summed E-state index contributed by atoms with van der Waals surface area (Å²) in [7, 11) is 1.31. The zero-order valence-electron chi connectivity index (χ0n) is 13.7. The van der Waals surface area contributed by atoms with E-state index in [1.807, 2.05) is 0 Å². The van der Waals surface area contributed by atoms with E-state index in [1.54, 1.807) is 54.6 Å². The Kier molecular flexibility index (Phi) is 3.76. The van der Waals surface area contributed by atoms with E-state index < -0.39 is 11.7 Å². The molecule has 0 saturated carbocycles. The quantitative estimate of drug-likeness (QED) is 0.447. The van der Waals surface area contributed by atoms with E-state index in [0.717, 1.165) is 6.07 Å². The number of methoxy groups -OCH3 is 1. The van der Waals surface area contributed by atoms with Crippen molar-refractivity contribution < 1.29 is 17.9 Å². The fraction of sp³-hybridized carbons (Fsp3) is 0.100. The highest BCUT2D eigenvalue weighted by Gasteiger charge is 2.35. The molecule has 0 unspecified atom stereocenters. The molecular formula is C20H13F3N2O. The normalized spacial score (nSPS) is 11.8. The molecule has 2 aromatic heterocycles. The van der Waals surface area contributed by atoms with Crippen LogP contribution in [0.25, 0.3) is 33.1 Å². The number of ether oxygens (including phenoxy) is 1. The Hall–Kier alpha value is -3.15. The van der Waals surface area contributed by atoms with Crippen molar-refractivity contribution in [1.82, 2.24) is 9.97 Å². The summed E-state index contributed by atoms with van der Waals surface area (Å²) < 4.78 is 46.6. The minimum atomic E-state index is -4.57. The zero-order valence-corrected chi connectivity index (χ0v) is 13.7. The van der Waals surface area contributed by atoms with Gasteiger partial charge in [0.2, 0.25) is 5.88 Å². The van der Waals surface area contributed by atoms with Crippen molar-refractivity contribution in [3.8, 4) is 17.1 Å². The summed E-state index contributed by atoms with van der Waals surface area (Å²) >= 11 is 0. The Morgan fingerprint density at radius 1 is 0.885 bits per heavy atom. The molecule has 0 fully saturated rings. The molecule has 130 valence electrons. The van der Waals surface area contributed by atoms with Crippen LogP contribution in [-0.4, -0.2) is 17.1 Å². The van der Waals surface area contributed by atoms with Gasteiger partial charge in [-0.3, -0.25) is 0 Å². The number of pyridine rings is 2. The van der Waals surface area contributed by atoms with Gasteiger partial charge in [-0.2, -0.15) is 13.2 Å². The van der Waals surface area contributed by atoms with Crippen LogP contribution in [0.3, 0.4) is 0 Å². The fourth-order valence-electron chi connectivity index (χ4n) is 3.02. The molecule has 2 heterocycles. The lowest BCUT2D eigenvalue weighted by Crippen LogP contribution is -2.09. The summed E-state index contributed by atoms with van der Waals surface area (Å²) in [6, 6.07) is 16.8. The van der Waals surface area contributed by atoms with E-state index in [-0.39, 0.29) is 22.5 Å². The van der Waals surface area contributed by atoms with Crippen molar-refractivity contribution in [2.75, 3.05) is 7.11 Å². The summed E-state index contributed by atoms with van der Waals surface area (Å²) in [4.78, 5) is 8.77. The van der Waals surface area contributed by atoms with Gasteiger partial charge in [-0.15, -0.1) is 0 Å². The number of fused-ring (bicyclic) bond motifs is 3. The predicted molar refractivity (Wildman–Crippen MR) is 94.0 cm³/mol. The molecule has 0 N–H and O–H groups in total. The van der Waals surface area contributed by atoms with Crippen molar-refractivity contribution in [2.45, 2.75) is 6.18 Å². The van der Waals surface area contributed by atoms with Crippen molar-refractivity contribution in [1.29, 1.82) is 0 Å². The van der Waals surface area contributed by atoms with Gasteiger partial charge in [-0.25, -0.2) is 9.97 Å². The van der Waals surface area contributed by atoms with Crippen molar-refractivity contribution in [3.63, 3.8) is 0 Å². The number of hydrogen-bond donors (Lipinski definition) is 0. The molecular weight excluding hydrogens is 341 g/mol. The smallest absolute Gasteiger partial charge is 0.417 e. The van der Waals surface area contributed by atoms with Crippen LogP contribution in [0.5, 0.6) is 5.88 Å². The van der Waals surface area contributed by atoms with Gasteiger partial charge in [0.25, 0.3) is 0 Å². The third-order valence-electron chi connectivity index (χ3n) is 4.18. The Balaban J connectivity index is 2.20. The minimum absolute atomic E-state index is 0.0851. The van der Waals surface area contributed by atoms with Crippen LogP contribution in [-0.2, 0) is 6.18 Å². The zero-order chi connectivity index (χ0) is 18.3. The molecule has 6 heteroatoms. The lowest BCUT2D eigenvalue weighted by Gasteiger charge is -2.16. The maximum atomic E-state index is 13.8. The second-order valence-corrected chi connectivity index (χ2v) is 5.78. The van der Waals surface area contributed by atoms with Crippen molar-refractivity contribution >= 4 is 21.8 Å². The highest BCUT2D eigenvalue weighted by molar-refractivity contribution is 6.07. The van der Waals surface area contributed by atoms with E-state index in [1.165, 1.54) is 7.11 Å². The summed E-state index contributed by atoms with van der Waals surface area (Å²) in [5.41, 5.74) is 0.809. The minimum Gasteiger partial charge on any atom is -0.480 e. The van der Waals surface area contributed by atoms with Crippen LogP contribution >= 0.6 is 0 Å². The number of para-hydroxylation sites is 1. The van der Waals surface area contributed by atoms with E-state index in [0.29, 0.717) is 16.5 Å².